The summed E-state index contributed by atoms with van der Waals surface area (Å²) in [6.45, 7) is 2.16. The lowest BCUT2D eigenvalue weighted by Gasteiger charge is -2.08. The number of carbonyl (C=O) groups excluding carboxylic acids is 3. The minimum Gasteiger partial charge on any atom is -0.354 e. The van der Waals surface area contributed by atoms with E-state index in [-0.39, 0.29) is 30.4 Å². The molecule has 2 amide bonds. The Labute approximate surface area is 131 Å². The normalized spacial score (nSPS) is 9.90. The summed E-state index contributed by atoms with van der Waals surface area (Å²) in [5.74, 6) is -0.344. The molecule has 0 saturated heterocycles. The standard InChI is InChI=1S/C14H17IN2O3/c1-10(18)6-7-13(19)16-8-9-17-14(20)11-4-2-3-5-12(11)15/h2-5H,6-9H2,1H3,(H,16,19)(H,17,20). The topological polar surface area (TPSA) is 75.3 Å². The Balaban J connectivity index is 2.25. The van der Waals surface area contributed by atoms with Gasteiger partial charge < -0.3 is 15.4 Å². The number of nitrogens with one attached hydrogen (secondary N) is 2. The molecule has 0 aliphatic rings. The minimum atomic E-state index is -0.177. The summed E-state index contributed by atoms with van der Waals surface area (Å²) < 4.78 is 0.882. The molecule has 0 unspecified atom stereocenters. The SMILES string of the molecule is CC(=O)CCC(=O)NCCNC(=O)c1ccccc1I. The maximum Gasteiger partial charge on any atom is 0.252 e. The third-order valence-electron chi connectivity index (χ3n) is 2.56. The fourth-order valence-corrected chi connectivity index (χ4v) is 2.13. The van der Waals surface area contributed by atoms with Gasteiger partial charge in [0.15, 0.2) is 0 Å². The molecule has 5 nitrogen and oxygen atoms in total. The Kier molecular flexibility index (Phi) is 7.21. The van der Waals surface area contributed by atoms with E-state index in [2.05, 4.69) is 33.2 Å². The van der Waals surface area contributed by atoms with Gasteiger partial charge in [0.05, 0.1) is 5.56 Å². The van der Waals surface area contributed by atoms with Crippen molar-refractivity contribution < 1.29 is 14.4 Å². The van der Waals surface area contributed by atoms with Crippen LogP contribution in [0.5, 0.6) is 0 Å². The zero-order chi connectivity index (χ0) is 15.0. The molecule has 1 rings (SSSR count). The van der Waals surface area contributed by atoms with E-state index in [0.29, 0.717) is 18.7 Å². The van der Waals surface area contributed by atoms with E-state index in [1.807, 2.05) is 12.1 Å². The Morgan fingerprint density at radius 1 is 1.05 bits per heavy atom. The molecule has 0 saturated carbocycles. The average Bonchev–Trinajstić information content (AvgIpc) is 2.41. The van der Waals surface area contributed by atoms with Gasteiger partial charge in [-0.2, -0.15) is 0 Å². The number of ketones is 1. The molecule has 1 aromatic rings. The Morgan fingerprint density at radius 3 is 2.35 bits per heavy atom. The molecule has 0 aliphatic heterocycles. The monoisotopic (exact) mass is 388 g/mol. The van der Waals surface area contributed by atoms with E-state index in [1.54, 1.807) is 12.1 Å². The quantitative estimate of drug-likeness (QED) is 0.549. The third-order valence-corrected chi connectivity index (χ3v) is 3.50. The van der Waals surface area contributed by atoms with Crippen molar-refractivity contribution in [3.63, 3.8) is 0 Å². The second-order valence-corrected chi connectivity index (χ2v) is 5.45. The Morgan fingerprint density at radius 2 is 1.70 bits per heavy atom. The van der Waals surface area contributed by atoms with Crippen LogP contribution in [0.25, 0.3) is 0 Å². The smallest absolute Gasteiger partial charge is 0.252 e. The summed E-state index contributed by atoms with van der Waals surface area (Å²) in [7, 11) is 0. The highest BCUT2D eigenvalue weighted by molar-refractivity contribution is 14.1. The van der Waals surface area contributed by atoms with Gasteiger partial charge in [0.2, 0.25) is 5.91 Å². The fourth-order valence-electron chi connectivity index (χ4n) is 1.50. The Hall–Kier alpha value is -1.44. The van der Waals surface area contributed by atoms with Crippen LogP contribution in [0, 0.1) is 3.57 Å². The van der Waals surface area contributed by atoms with E-state index >= 15 is 0 Å². The van der Waals surface area contributed by atoms with Crippen molar-refractivity contribution in [3.05, 3.63) is 33.4 Å². The number of hydrogen-bond acceptors (Lipinski definition) is 3. The lowest BCUT2D eigenvalue weighted by Crippen LogP contribution is -2.35. The molecule has 0 spiro atoms. The fraction of sp³-hybridized carbons (Fsp3) is 0.357. The first-order valence-corrected chi connectivity index (χ1v) is 7.37. The third kappa shape index (κ3) is 6.14. The van der Waals surface area contributed by atoms with Gasteiger partial charge in [-0.1, -0.05) is 12.1 Å². The van der Waals surface area contributed by atoms with Crippen LogP contribution in [0.3, 0.4) is 0 Å². The predicted octanol–water partition coefficient (Wildman–Crippen LogP) is 1.51. The van der Waals surface area contributed by atoms with Crippen LogP contribution in [-0.2, 0) is 9.59 Å². The molecule has 20 heavy (non-hydrogen) atoms. The van der Waals surface area contributed by atoms with Crippen LogP contribution < -0.4 is 10.6 Å². The molecular weight excluding hydrogens is 371 g/mol. The number of halogens is 1. The summed E-state index contributed by atoms with van der Waals surface area (Å²) in [6, 6.07) is 7.29. The van der Waals surface area contributed by atoms with Gasteiger partial charge in [-0.15, -0.1) is 0 Å². The van der Waals surface area contributed by atoms with Crippen LogP contribution >= 0.6 is 22.6 Å². The van der Waals surface area contributed by atoms with Crippen molar-refractivity contribution in [1.82, 2.24) is 10.6 Å². The lowest BCUT2D eigenvalue weighted by molar-refractivity contribution is -0.124. The highest BCUT2D eigenvalue weighted by Gasteiger charge is 2.08. The molecular formula is C14H17IN2O3. The molecule has 108 valence electrons. The molecule has 0 atom stereocenters. The maximum atomic E-state index is 11.9. The second kappa shape index (κ2) is 8.68. The zero-order valence-corrected chi connectivity index (χ0v) is 13.4. The van der Waals surface area contributed by atoms with Crippen LogP contribution in [0.15, 0.2) is 24.3 Å². The van der Waals surface area contributed by atoms with Gasteiger partial charge in [-0.3, -0.25) is 9.59 Å². The number of amides is 2. The van der Waals surface area contributed by atoms with Crippen molar-refractivity contribution in [2.24, 2.45) is 0 Å². The number of hydrogen-bond donors (Lipinski definition) is 2. The van der Waals surface area contributed by atoms with E-state index in [9.17, 15) is 14.4 Å². The van der Waals surface area contributed by atoms with Gasteiger partial charge in [-0.25, -0.2) is 0 Å². The van der Waals surface area contributed by atoms with E-state index in [0.717, 1.165) is 3.57 Å². The summed E-state index contributed by atoms with van der Waals surface area (Å²) in [5.41, 5.74) is 0.621. The predicted molar refractivity (Wildman–Crippen MR) is 84.4 cm³/mol. The van der Waals surface area contributed by atoms with Gasteiger partial charge in [-0.05, 0) is 41.6 Å². The number of Topliss-reactive ketones (excluding diaryl/α,β-unsaturated/α-hetero) is 1. The lowest BCUT2D eigenvalue weighted by atomic mass is 10.2. The minimum absolute atomic E-state index is 0.00731. The van der Waals surface area contributed by atoms with Crippen molar-refractivity contribution in [3.8, 4) is 0 Å². The molecule has 1 aromatic carbocycles. The van der Waals surface area contributed by atoms with E-state index < -0.39 is 0 Å². The van der Waals surface area contributed by atoms with Gasteiger partial charge in [0, 0.05) is 29.5 Å². The van der Waals surface area contributed by atoms with Crippen LogP contribution in [0.1, 0.15) is 30.1 Å². The van der Waals surface area contributed by atoms with Crippen LogP contribution in [0.4, 0.5) is 0 Å². The maximum absolute atomic E-state index is 11.9. The Bertz CT molecular complexity index is 503. The molecule has 0 fully saturated rings. The number of carbonyl (C=O) groups is 3. The molecule has 0 heterocycles. The molecule has 6 heteroatoms. The van der Waals surface area contributed by atoms with E-state index in [4.69, 9.17) is 0 Å². The van der Waals surface area contributed by atoms with Crippen molar-refractivity contribution >= 4 is 40.2 Å². The summed E-state index contributed by atoms with van der Waals surface area (Å²) in [6.07, 6.45) is 0.445. The number of rotatable bonds is 7. The molecule has 2 N–H and O–H groups in total. The second-order valence-electron chi connectivity index (χ2n) is 4.29. The van der Waals surface area contributed by atoms with Gasteiger partial charge in [0.1, 0.15) is 5.78 Å². The van der Waals surface area contributed by atoms with E-state index in [1.165, 1.54) is 6.92 Å². The highest BCUT2D eigenvalue weighted by Crippen LogP contribution is 2.10. The van der Waals surface area contributed by atoms with Gasteiger partial charge >= 0.3 is 0 Å². The first-order valence-electron chi connectivity index (χ1n) is 6.29. The van der Waals surface area contributed by atoms with Gasteiger partial charge in [0.25, 0.3) is 5.91 Å². The molecule has 0 aromatic heterocycles. The largest absolute Gasteiger partial charge is 0.354 e. The summed E-state index contributed by atoms with van der Waals surface area (Å²) in [5, 5.41) is 5.39. The summed E-state index contributed by atoms with van der Waals surface area (Å²) in [4.78, 5) is 33.9. The first-order chi connectivity index (χ1) is 9.50. The van der Waals surface area contributed by atoms with Crippen molar-refractivity contribution in [2.75, 3.05) is 13.1 Å². The molecule has 0 aliphatic carbocycles. The van der Waals surface area contributed by atoms with Crippen molar-refractivity contribution in [1.29, 1.82) is 0 Å². The van der Waals surface area contributed by atoms with Crippen LogP contribution in [-0.4, -0.2) is 30.7 Å². The number of benzene rings is 1. The first kappa shape index (κ1) is 16.6. The zero-order valence-electron chi connectivity index (χ0n) is 11.2. The molecule has 0 radical (unpaired) electrons. The van der Waals surface area contributed by atoms with Crippen LogP contribution in [0.2, 0.25) is 0 Å². The summed E-state index contributed by atoms with van der Waals surface area (Å²) >= 11 is 2.10. The average molecular weight is 388 g/mol. The highest BCUT2D eigenvalue weighted by atomic mass is 127. The van der Waals surface area contributed by atoms with Crippen molar-refractivity contribution in [2.45, 2.75) is 19.8 Å². The molecule has 0 bridgehead atoms.